The molecule has 120 valence electrons. The molecule has 0 spiro atoms. The SMILES string of the molecule is COCCC(=O)N1CCCC(c2ncc3c(n2)CCNC3)C1. The summed E-state index contributed by atoms with van der Waals surface area (Å²) in [6.45, 7) is 3.91. The van der Waals surface area contributed by atoms with Crippen LogP contribution in [-0.4, -0.2) is 54.1 Å². The Hall–Kier alpha value is -1.53. The van der Waals surface area contributed by atoms with E-state index in [9.17, 15) is 4.79 Å². The minimum absolute atomic E-state index is 0.175. The number of piperidine rings is 1. The highest BCUT2D eigenvalue weighted by molar-refractivity contribution is 5.76. The van der Waals surface area contributed by atoms with Crippen molar-refractivity contribution in [2.75, 3.05) is 33.4 Å². The van der Waals surface area contributed by atoms with Crippen molar-refractivity contribution in [3.8, 4) is 0 Å². The molecule has 1 unspecified atom stereocenters. The molecule has 3 heterocycles. The Bertz CT molecular complexity index is 535. The van der Waals surface area contributed by atoms with Crippen molar-refractivity contribution in [2.24, 2.45) is 0 Å². The lowest BCUT2D eigenvalue weighted by Gasteiger charge is -2.32. The molecule has 22 heavy (non-hydrogen) atoms. The van der Waals surface area contributed by atoms with Gasteiger partial charge in [-0.2, -0.15) is 0 Å². The maximum atomic E-state index is 12.2. The van der Waals surface area contributed by atoms with Crippen molar-refractivity contribution in [2.45, 2.75) is 38.1 Å². The molecule has 0 radical (unpaired) electrons. The van der Waals surface area contributed by atoms with Crippen LogP contribution in [0.5, 0.6) is 0 Å². The van der Waals surface area contributed by atoms with Gasteiger partial charge in [0, 0.05) is 63.1 Å². The molecule has 1 saturated heterocycles. The van der Waals surface area contributed by atoms with E-state index in [1.165, 1.54) is 11.3 Å². The topological polar surface area (TPSA) is 67.3 Å². The number of likely N-dealkylation sites (tertiary alicyclic amines) is 1. The highest BCUT2D eigenvalue weighted by atomic mass is 16.5. The number of methoxy groups -OCH3 is 1. The second-order valence-corrected chi connectivity index (χ2v) is 6.05. The van der Waals surface area contributed by atoms with Crippen molar-refractivity contribution in [1.29, 1.82) is 0 Å². The van der Waals surface area contributed by atoms with Crippen LogP contribution in [0.3, 0.4) is 0 Å². The van der Waals surface area contributed by atoms with E-state index in [-0.39, 0.29) is 11.8 Å². The number of nitrogens with zero attached hydrogens (tertiary/aromatic N) is 3. The van der Waals surface area contributed by atoms with E-state index in [0.717, 1.165) is 51.3 Å². The minimum Gasteiger partial charge on any atom is -0.384 e. The number of carbonyl (C=O) groups is 1. The summed E-state index contributed by atoms with van der Waals surface area (Å²) in [5.74, 6) is 1.35. The maximum absolute atomic E-state index is 12.2. The molecular formula is C16H24N4O2. The molecule has 1 aromatic heterocycles. The van der Waals surface area contributed by atoms with E-state index in [2.05, 4.69) is 10.3 Å². The molecule has 1 amide bonds. The van der Waals surface area contributed by atoms with Gasteiger partial charge in [-0.1, -0.05) is 0 Å². The second kappa shape index (κ2) is 7.15. The highest BCUT2D eigenvalue weighted by Crippen LogP contribution is 2.25. The Kier molecular flexibility index (Phi) is 5.00. The quantitative estimate of drug-likeness (QED) is 0.894. The van der Waals surface area contributed by atoms with Gasteiger partial charge in [0.15, 0.2) is 0 Å². The molecule has 1 N–H and O–H groups in total. The van der Waals surface area contributed by atoms with E-state index >= 15 is 0 Å². The Labute approximate surface area is 131 Å². The molecule has 0 saturated carbocycles. The predicted molar refractivity (Wildman–Crippen MR) is 82.5 cm³/mol. The fourth-order valence-corrected chi connectivity index (χ4v) is 3.21. The van der Waals surface area contributed by atoms with E-state index < -0.39 is 0 Å². The summed E-state index contributed by atoms with van der Waals surface area (Å²) in [5, 5.41) is 3.34. The number of amides is 1. The van der Waals surface area contributed by atoms with Gasteiger partial charge in [0.25, 0.3) is 0 Å². The standard InChI is InChI=1S/C16H24N4O2/c1-22-8-5-15(21)20-7-2-3-12(11-20)16-18-10-13-9-17-6-4-14(13)19-16/h10,12,17H,2-9,11H2,1H3. The number of aromatic nitrogens is 2. The number of hydrogen-bond acceptors (Lipinski definition) is 5. The molecule has 6 nitrogen and oxygen atoms in total. The van der Waals surface area contributed by atoms with Gasteiger partial charge in [-0.25, -0.2) is 9.97 Å². The highest BCUT2D eigenvalue weighted by Gasteiger charge is 2.27. The van der Waals surface area contributed by atoms with Crippen molar-refractivity contribution in [1.82, 2.24) is 20.2 Å². The molecular weight excluding hydrogens is 280 g/mol. The Morgan fingerprint density at radius 2 is 2.45 bits per heavy atom. The van der Waals surface area contributed by atoms with E-state index in [1.54, 1.807) is 7.11 Å². The number of carbonyl (C=O) groups excluding carboxylic acids is 1. The lowest BCUT2D eigenvalue weighted by molar-refractivity contribution is -0.133. The van der Waals surface area contributed by atoms with Gasteiger partial charge in [0.05, 0.1) is 13.0 Å². The van der Waals surface area contributed by atoms with E-state index in [4.69, 9.17) is 9.72 Å². The third kappa shape index (κ3) is 3.44. The summed E-state index contributed by atoms with van der Waals surface area (Å²) >= 11 is 0. The van der Waals surface area contributed by atoms with E-state index in [1.807, 2.05) is 11.1 Å². The largest absolute Gasteiger partial charge is 0.384 e. The summed E-state index contributed by atoms with van der Waals surface area (Å²) in [6, 6.07) is 0. The Morgan fingerprint density at radius 3 is 3.32 bits per heavy atom. The Balaban J connectivity index is 1.68. The van der Waals surface area contributed by atoms with Gasteiger partial charge < -0.3 is 15.0 Å². The van der Waals surface area contributed by atoms with Crippen LogP contribution in [0.1, 0.15) is 42.3 Å². The third-order valence-electron chi connectivity index (χ3n) is 4.49. The average molecular weight is 304 g/mol. The number of ether oxygens (including phenoxy) is 1. The maximum Gasteiger partial charge on any atom is 0.224 e. The Morgan fingerprint density at radius 1 is 1.55 bits per heavy atom. The van der Waals surface area contributed by atoms with Gasteiger partial charge in [-0.3, -0.25) is 4.79 Å². The van der Waals surface area contributed by atoms with Crippen molar-refractivity contribution in [3.05, 3.63) is 23.3 Å². The van der Waals surface area contributed by atoms with Crippen molar-refractivity contribution < 1.29 is 9.53 Å². The molecule has 1 atom stereocenters. The minimum atomic E-state index is 0.175. The van der Waals surface area contributed by atoms with Crippen LogP contribution in [0.15, 0.2) is 6.20 Å². The summed E-state index contributed by atoms with van der Waals surface area (Å²) in [7, 11) is 1.63. The molecule has 6 heteroatoms. The van der Waals surface area contributed by atoms with Crippen molar-refractivity contribution in [3.63, 3.8) is 0 Å². The summed E-state index contributed by atoms with van der Waals surface area (Å²) in [6.07, 6.45) is 5.46. The third-order valence-corrected chi connectivity index (χ3v) is 4.49. The number of hydrogen-bond donors (Lipinski definition) is 1. The van der Waals surface area contributed by atoms with Crippen LogP contribution in [0.2, 0.25) is 0 Å². The zero-order valence-corrected chi connectivity index (χ0v) is 13.2. The first-order valence-electron chi connectivity index (χ1n) is 8.10. The van der Waals surface area contributed by atoms with Gasteiger partial charge in [-0.05, 0) is 12.8 Å². The van der Waals surface area contributed by atoms with Gasteiger partial charge in [-0.15, -0.1) is 0 Å². The van der Waals surface area contributed by atoms with Gasteiger partial charge >= 0.3 is 0 Å². The first-order chi connectivity index (χ1) is 10.8. The second-order valence-electron chi connectivity index (χ2n) is 6.05. The van der Waals surface area contributed by atoms with Crippen LogP contribution >= 0.6 is 0 Å². The van der Waals surface area contributed by atoms with Crippen LogP contribution < -0.4 is 5.32 Å². The van der Waals surface area contributed by atoms with Crippen LogP contribution in [0.25, 0.3) is 0 Å². The van der Waals surface area contributed by atoms with Crippen LogP contribution in [0, 0.1) is 0 Å². The molecule has 2 aliphatic heterocycles. The van der Waals surface area contributed by atoms with Crippen LogP contribution in [-0.2, 0) is 22.5 Å². The molecule has 1 fully saturated rings. The smallest absolute Gasteiger partial charge is 0.224 e. The average Bonchev–Trinajstić information content (AvgIpc) is 2.59. The number of nitrogens with one attached hydrogen (secondary N) is 1. The molecule has 1 aromatic rings. The lowest BCUT2D eigenvalue weighted by atomic mass is 9.96. The lowest BCUT2D eigenvalue weighted by Crippen LogP contribution is -2.40. The fraction of sp³-hybridized carbons (Fsp3) is 0.688. The zero-order valence-electron chi connectivity index (χ0n) is 13.2. The summed E-state index contributed by atoms with van der Waals surface area (Å²) < 4.78 is 5.00. The van der Waals surface area contributed by atoms with Gasteiger partial charge in [0.1, 0.15) is 5.82 Å². The first-order valence-corrected chi connectivity index (χ1v) is 8.10. The summed E-state index contributed by atoms with van der Waals surface area (Å²) in [5.41, 5.74) is 2.38. The molecule has 0 aliphatic carbocycles. The molecule has 3 rings (SSSR count). The number of rotatable bonds is 4. The first kappa shape index (κ1) is 15.4. The monoisotopic (exact) mass is 304 g/mol. The van der Waals surface area contributed by atoms with Crippen LogP contribution in [0.4, 0.5) is 0 Å². The predicted octanol–water partition coefficient (Wildman–Crippen LogP) is 0.865. The van der Waals surface area contributed by atoms with Crippen molar-refractivity contribution >= 4 is 5.91 Å². The summed E-state index contributed by atoms with van der Waals surface area (Å²) in [4.78, 5) is 23.4. The fourth-order valence-electron chi connectivity index (χ4n) is 3.21. The molecule has 2 aliphatic rings. The van der Waals surface area contributed by atoms with E-state index in [0.29, 0.717) is 13.0 Å². The molecule has 0 bridgehead atoms. The zero-order chi connectivity index (χ0) is 15.4. The number of fused-ring (bicyclic) bond motifs is 1. The molecule has 0 aromatic carbocycles. The normalized spacial score (nSPS) is 21.5. The van der Waals surface area contributed by atoms with Gasteiger partial charge in [0.2, 0.25) is 5.91 Å².